The molecular formula is C23H35N5O. The van der Waals surface area contributed by atoms with Crippen molar-refractivity contribution < 1.29 is 4.79 Å². The zero-order chi connectivity index (χ0) is 20.3. The van der Waals surface area contributed by atoms with Crippen LogP contribution in [0.1, 0.15) is 64.6 Å². The lowest BCUT2D eigenvalue weighted by Crippen LogP contribution is -2.44. The van der Waals surface area contributed by atoms with E-state index >= 15 is 0 Å². The minimum atomic E-state index is 0.0348. The smallest absolute Gasteiger partial charge is 0.220 e. The van der Waals surface area contributed by atoms with Crippen LogP contribution in [-0.2, 0) is 17.8 Å². The van der Waals surface area contributed by atoms with Gasteiger partial charge in [-0.1, -0.05) is 26.7 Å². The molecule has 1 saturated carbocycles. The minimum absolute atomic E-state index is 0.0348. The molecule has 6 heteroatoms. The van der Waals surface area contributed by atoms with Crippen LogP contribution in [-0.4, -0.2) is 39.6 Å². The van der Waals surface area contributed by atoms with Gasteiger partial charge in [-0.05, 0) is 62.2 Å². The maximum atomic E-state index is 12.9. The zero-order valence-electron chi connectivity index (χ0n) is 17.9. The minimum Gasteiger partial charge on any atom is -0.353 e. The number of piperidine rings is 1. The Hall–Kier alpha value is -1.95. The van der Waals surface area contributed by atoms with Crippen molar-refractivity contribution >= 4 is 17.1 Å². The Morgan fingerprint density at radius 3 is 2.79 bits per heavy atom. The first kappa shape index (κ1) is 20.3. The fourth-order valence-electron chi connectivity index (χ4n) is 5.16. The predicted molar refractivity (Wildman–Crippen MR) is 116 cm³/mol. The maximum absolute atomic E-state index is 12.9. The number of imidazole rings is 1. The number of fused-ring (bicyclic) bond motifs is 1. The first-order valence-corrected chi connectivity index (χ1v) is 11.3. The third kappa shape index (κ3) is 4.80. The van der Waals surface area contributed by atoms with Gasteiger partial charge in [-0.25, -0.2) is 9.97 Å². The van der Waals surface area contributed by atoms with Crippen molar-refractivity contribution in [2.75, 3.05) is 13.1 Å². The Morgan fingerprint density at radius 1 is 1.31 bits per heavy atom. The molecule has 0 unspecified atom stereocenters. The summed E-state index contributed by atoms with van der Waals surface area (Å²) in [7, 11) is 0. The highest BCUT2D eigenvalue weighted by Crippen LogP contribution is 2.44. The summed E-state index contributed by atoms with van der Waals surface area (Å²) < 4.78 is 2.30. The summed E-state index contributed by atoms with van der Waals surface area (Å²) in [5.41, 5.74) is 1.98. The fourth-order valence-corrected chi connectivity index (χ4v) is 5.16. The number of nitrogens with zero attached hydrogens (tertiary/aromatic N) is 3. The monoisotopic (exact) mass is 397 g/mol. The second-order valence-corrected chi connectivity index (χ2v) is 9.53. The molecule has 2 N–H and O–H groups in total. The van der Waals surface area contributed by atoms with Crippen molar-refractivity contribution in [3.05, 3.63) is 24.2 Å². The highest BCUT2D eigenvalue weighted by molar-refractivity contribution is 5.77. The molecule has 158 valence electrons. The van der Waals surface area contributed by atoms with Crippen molar-refractivity contribution in [1.29, 1.82) is 0 Å². The van der Waals surface area contributed by atoms with E-state index in [0.29, 0.717) is 18.4 Å². The quantitative estimate of drug-likeness (QED) is 0.751. The van der Waals surface area contributed by atoms with Gasteiger partial charge in [0.2, 0.25) is 5.91 Å². The van der Waals surface area contributed by atoms with Crippen molar-refractivity contribution in [3.8, 4) is 0 Å². The third-order valence-electron chi connectivity index (χ3n) is 6.57. The number of amides is 1. The molecule has 1 saturated heterocycles. The average Bonchev–Trinajstić information content (AvgIpc) is 3.27. The van der Waals surface area contributed by atoms with Gasteiger partial charge in [-0.2, -0.15) is 0 Å². The summed E-state index contributed by atoms with van der Waals surface area (Å²) in [5.74, 6) is 1.85. The Kier molecular flexibility index (Phi) is 6.18. The topological polar surface area (TPSA) is 71.8 Å². The molecule has 0 aromatic carbocycles. The van der Waals surface area contributed by atoms with E-state index in [0.717, 1.165) is 68.7 Å². The number of pyridine rings is 1. The van der Waals surface area contributed by atoms with E-state index < -0.39 is 0 Å². The summed E-state index contributed by atoms with van der Waals surface area (Å²) in [4.78, 5) is 22.5. The predicted octanol–water partition coefficient (Wildman–Crippen LogP) is 3.45. The maximum Gasteiger partial charge on any atom is 0.220 e. The molecule has 2 fully saturated rings. The van der Waals surface area contributed by atoms with Gasteiger partial charge in [-0.15, -0.1) is 0 Å². The van der Waals surface area contributed by atoms with E-state index in [1.165, 1.54) is 12.8 Å². The number of hydrogen-bond acceptors (Lipinski definition) is 4. The van der Waals surface area contributed by atoms with Gasteiger partial charge in [0.05, 0.1) is 0 Å². The van der Waals surface area contributed by atoms with Gasteiger partial charge in [-0.3, -0.25) is 4.79 Å². The molecule has 0 spiro atoms. The number of rotatable bonds is 7. The van der Waals surface area contributed by atoms with Crippen LogP contribution in [0.25, 0.3) is 11.2 Å². The van der Waals surface area contributed by atoms with E-state index in [1.54, 1.807) is 0 Å². The van der Waals surface area contributed by atoms with Gasteiger partial charge >= 0.3 is 0 Å². The van der Waals surface area contributed by atoms with Gasteiger partial charge in [0.25, 0.3) is 0 Å². The number of aromatic nitrogens is 3. The normalized spacial score (nSPS) is 19.8. The molecule has 2 aliphatic rings. The van der Waals surface area contributed by atoms with Gasteiger partial charge in [0.1, 0.15) is 11.3 Å². The first-order chi connectivity index (χ1) is 14.0. The largest absolute Gasteiger partial charge is 0.353 e. The molecule has 1 aliphatic heterocycles. The summed E-state index contributed by atoms with van der Waals surface area (Å²) >= 11 is 0. The van der Waals surface area contributed by atoms with Crippen LogP contribution >= 0.6 is 0 Å². The van der Waals surface area contributed by atoms with Gasteiger partial charge in [0.15, 0.2) is 5.65 Å². The van der Waals surface area contributed by atoms with Gasteiger partial charge in [0, 0.05) is 31.6 Å². The highest BCUT2D eigenvalue weighted by atomic mass is 16.1. The van der Waals surface area contributed by atoms with Crippen LogP contribution in [0.2, 0.25) is 0 Å². The Bertz CT molecular complexity index is 831. The van der Waals surface area contributed by atoms with Crippen molar-refractivity contribution in [2.24, 2.45) is 11.3 Å². The van der Waals surface area contributed by atoms with E-state index in [1.807, 2.05) is 18.3 Å². The Morgan fingerprint density at radius 2 is 2.07 bits per heavy atom. The number of hydrogen-bond donors (Lipinski definition) is 2. The van der Waals surface area contributed by atoms with Crippen LogP contribution in [0.5, 0.6) is 0 Å². The molecule has 6 nitrogen and oxygen atoms in total. The first-order valence-electron chi connectivity index (χ1n) is 11.3. The lowest BCUT2D eigenvalue weighted by atomic mass is 9.78. The van der Waals surface area contributed by atoms with Crippen LogP contribution in [0, 0.1) is 11.3 Å². The molecule has 29 heavy (non-hydrogen) atoms. The number of carbonyl (C=O) groups excluding carboxylic acids is 1. The summed E-state index contributed by atoms with van der Waals surface area (Å²) in [6.45, 7) is 7.39. The number of carbonyl (C=O) groups is 1. The van der Waals surface area contributed by atoms with E-state index in [4.69, 9.17) is 4.98 Å². The van der Waals surface area contributed by atoms with Crippen molar-refractivity contribution in [1.82, 2.24) is 25.2 Å². The second kappa shape index (κ2) is 8.82. The molecule has 4 rings (SSSR count). The van der Waals surface area contributed by atoms with E-state index in [9.17, 15) is 4.79 Å². The molecule has 0 atom stereocenters. The summed E-state index contributed by atoms with van der Waals surface area (Å²) in [6.07, 6.45) is 10.1. The molecule has 1 amide bonds. The molecular weight excluding hydrogens is 362 g/mol. The molecule has 2 aromatic heterocycles. The highest BCUT2D eigenvalue weighted by Gasteiger charge is 2.38. The Balaban J connectivity index is 1.54. The molecule has 2 aromatic rings. The van der Waals surface area contributed by atoms with Crippen LogP contribution in [0.3, 0.4) is 0 Å². The second-order valence-electron chi connectivity index (χ2n) is 9.53. The van der Waals surface area contributed by atoms with Gasteiger partial charge < -0.3 is 15.2 Å². The van der Waals surface area contributed by atoms with E-state index in [2.05, 4.69) is 34.0 Å². The molecule has 0 radical (unpaired) electrons. The van der Waals surface area contributed by atoms with E-state index in [-0.39, 0.29) is 11.3 Å². The van der Waals surface area contributed by atoms with Crippen molar-refractivity contribution in [2.45, 2.75) is 77.8 Å². The lowest BCUT2D eigenvalue weighted by Gasteiger charge is -2.30. The van der Waals surface area contributed by atoms with Crippen LogP contribution in [0.4, 0.5) is 0 Å². The zero-order valence-corrected chi connectivity index (χ0v) is 17.9. The standard InChI is InChI=1S/C23H35N5O/c1-17(2)16-28-20(27-19-6-5-11-25-22(19)28)14-23(9-3-4-10-23)15-21(29)26-18-7-12-24-13-8-18/h5-6,11,17-18,24H,3-4,7-10,12-16H2,1-2H3,(H,26,29). The molecule has 0 bridgehead atoms. The SMILES string of the molecule is CC(C)Cn1c(CC2(CC(=O)NC3CCNCC3)CCCC2)nc2cccnc21. The molecule has 1 aliphatic carbocycles. The number of nitrogens with one attached hydrogen (secondary N) is 2. The van der Waals surface area contributed by atoms with Crippen LogP contribution in [0.15, 0.2) is 18.3 Å². The fraction of sp³-hybridized carbons (Fsp3) is 0.696. The average molecular weight is 398 g/mol. The summed E-state index contributed by atoms with van der Waals surface area (Å²) in [5, 5.41) is 6.68. The van der Waals surface area contributed by atoms with Crippen molar-refractivity contribution in [3.63, 3.8) is 0 Å². The van der Waals surface area contributed by atoms with Crippen LogP contribution < -0.4 is 10.6 Å². The molecule has 3 heterocycles. The third-order valence-corrected chi connectivity index (χ3v) is 6.57. The lowest BCUT2D eigenvalue weighted by molar-refractivity contribution is -0.124. The summed E-state index contributed by atoms with van der Waals surface area (Å²) in [6, 6.07) is 4.33. The Labute approximate surface area is 173 Å².